The van der Waals surface area contributed by atoms with Crippen molar-refractivity contribution in [2.75, 3.05) is 19.0 Å². The Labute approximate surface area is 169 Å². The highest BCUT2D eigenvalue weighted by Gasteiger charge is 2.07. The van der Waals surface area contributed by atoms with Gasteiger partial charge in [-0.05, 0) is 42.3 Å². The van der Waals surface area contributed by atoms with Gasteiger partial charge in [-0.3, -0.25) is 4.79 Å². The molecular formula is C22H24N4O3. The summed E-state index contributed by atoms with van der Waals surface area (Å²) in [5, 5.41) is 14.9. The molecule has 0 saturated carbocycles. The fourth-order valence-electron chi connectivity index (χ4n) is 2.72. The van der Waals surface area contributed by atoms with Crippen molar-refractivity contribution < 1.29 is 14.6 Å². The Bertz CT molecular complexity index is 926. The van der Waals surface area contributed by atoms with Gasteiger partial charge in [-0.1, -0.05) is 24.3 Å². The van der Waals surface area contributed by atoms with E-state index in [-0.39, 0.29) is 25.0 Å². The van der Waals surface area contributed by atoms with Gasteiger partial charge in [0, 0.05) is 29.7 Å². The Morgan fingerprint density at radius 2 is 1.69 bits per heavy atom. The normalized spacial score (nSPS) is 11.6. The number of aliphatic hydroxyl groups is 1. The fraction of sp³-hybridized carbons (Fsp3) is 0.227. The Kier molecular flexibility index (Phi) is 6.76. The van der Waals surface area contributed by atoms with Gasteiger partial charge in [0.05, 0.1) is 20.1 Å². The maximum atomic E-state index is 11.9. The maximum absolute atomic E-state index is 11.9. The summed E-state index contributed by atoms with van der Waals surface area (Å²) in [6, 6.07) is 15.0. The van der Waals surface area contributed by atoms with E-state index < -0.39 is 0 Å². The molecule has 1 aromatic heterocycles. The number of nitrogens with one attached hydrogen (secondary N) is 2. The second-order valence-electron chi connectivity index (χ2n) is 6.67. The molecule has 3 aromatic rings. The van der Waals surface area contributed by atoms with Gasteiger partial charge in [-0.2, -0.15) is 0 Å². The molecule has 29 heavy (non-hydrogen) atoms. The van der Waals surface area contributed by atoms with Crippen LogP contribution in [0.5, 0.6) is 5.75 Å². The van der Waals surface area contributed by atoms with E-state index in [0.29, 0.717) is 5.95 Å². The Morgan fingerprint density at radius 1 is 1.03 bits per heavy atom. The zero-order valence-corrected chi connectivity index (χ0v) is 16.4. The van der Waals surface area contributed by atoms with Crippen molar-refractivity contribution in [3.8, 4) is 16.9 Å². The summed E-state index contributed by atoms with van der Waals surface area (Å²) < 4.78 is 5.17. The van der Waals surface area contributed by atoms with Crippen LogP contribution < -0.4 is 15.4 Å². The van der Waals surface area contributed by atoms with Crippen molar-refractivity contribution >= 4 is 17.5 Å². The minimum absolute atomic E-state index is 0.0775. The van der Waals surface area contributed by atoms with Crippen LogP contribution in [0.1, 0.15) is 12.5 Å². The van der Waals surface area contributed by atoms with Gasteiger partial charge in [-0.25, -0.2) is 9.97 Å². The molecule has 7 heteroatoms. The number of carbonyl (C=O) groups excluding carboxylic acids is 1. The first-order valence-corrected chi connectivity index (χ1v) is 9.30. The first kappa shape index (κ1) is 20.3. The molecule has 0 aliphatic carbocycles. The van der Waals surface area contributed by atoms with Crippen LogP contribution in [0, 0.1) is 0 Å². The van der Waals surface area contributed by atoms with Crippen LogP contribution in [-0.2, 0) is 11.2 Å². The Balaban J connectivity index is 1.59. The van der Waals surface area contributed by atoms with E-state index >= 15 is 0 Å². The van der Waals surface area contributed by atoms with Gasteiger partial charge >= 0.3 is 0 Å². The number of ether oxygens (including phenoxy) is 1. The van der Waals surface area contributed by atoms with Crippen LogP contribution >= 0.6 is 0 Å². The topological polar surface area (TPSA) is 96.4 Å². The average molecular weight is 392 g/mol. The molecule has 3 rings (SSSR count). The van der Waals surface area contributed by atoms with E-state index in [0.717, 1.165) is 28.1 Å². The number of anilines is 2. The molecule has 0 spiro atoms. The number of nitrogens with zero attached hydrogens (tertiary/aromatic N) is 2. The van der Waals surface area contributed by atoms with Crippen molar-refractivity contribution in [1.82, 2.24) is 15.3 Å². The SMILES string of the molecule is COc1ccc(-c2cnc(Nc3ccc(CC(=O)N[C@@H](C)CO)cc3)nc2)cc1. The highest BCUT2D eigenvalue weighted by Crippen LogP contribution is 2.22. The van der Waals surface area contributed by atoms with E-state index in [9.17, 15) is 4.79 Å². The summed E-state index contributed by atoms with van der Waals surface area (Å²) in [6.07, 6.45) is 3.79. The third kappa shape index (κ3) is 5.76. The lowest BCUT2D eigenvalue weighted by molar-refractivity contribution is -0.121. The molecule has 0 aliphatic heterocycles. The van der Waals surface area contributed by atoms with Gasteiger partial charge < -0.3 is 20.5 Å². The molecule has 1 heterocycles. The summed E-state index contributed by atoms with van der Waals surface area (Å²) in [5.74, 6) is 1.17. The van der Waals surface area contributed by atoms with Crippen LogP contribution in [-0.4, -0.2) is 40.7 Å². The monoisotopic (exact) mass is 392 g/mol. The molecule has 2 aromatic carbocycles. The van der Waals surface area contributed by atoms with Crippen LogP contribution in [0.25, 0.3) is 11.1 Å². The van der Waals surface area contributed by atoms with Gasteiger partial charge in [0.1, 0.15) is 5.75 Å². The number of hydrogen-bond donors (Lipinski definition) is 3. The van der Waals surface area contributed by atoms with Crippen molar-refractivity contribution in [2.45, 2.75) is 19.4 Å². The van der Waals surface area contributed by atoms with Crippen molar-refractivity contribution in [3.63, 3.8) is 0 Å². The number of amides is 1. The highest BCUT2D eigenvalue weighted by molar-refractivity contribution is 5.79. The van der Waals surface area contributed by atoms with Gasteiger partial charge in [0.2, 0.25) is 11.9 Å². The smallest absolute Gasteiger partial charge is 0.227 e. The lowest BCUT2D eigenvalue weighted by Crippen LogP contribution is -2.35. The first-order valence-electron chi connectivity index (χ1n) is 9.30. The quantitative estimate of drug-likeness (QED) is 0.545. The summed E-state index contributed by atoms with van der Waals surface area (Å²) in [4.78, 5) is 20.6. The molecule has 1 amide bonds. The zero-order valence-electron chi connectivity index (χ0n) is 16.4. The Morgan fingerprint density at radius 3 is 2.28 bits per heavy atom. The zero-order chi connectivity index (χ0) is 20.6. The predicted octanol–water partition coefficient (Wildman–Crippen LogP) is 2.94. The van der Waals surface area contributed by atoms with Crippen molar-refractivity contribution in [1.29, 1.82) is 0 Å². The minimum atomic E-state index is -0.249. The first-order chi connectivity index (χ1) is 14.1. The van der Waals surface area contributed by atoms with Crippen molar-refractivity contribution in [2.24, 2.45) is 0 Å². The number of methoxy groups -OCH3 is 1. The number of aromatic nitrogens is 2. The third-order valence-electron chi connectivity index (χ3n) is 4.33. The van der Waals surface area contributed by atoms with Crippen molar-refractivity contribution in [3.05, 3.63) is 66.5 Å². The number of rotatable bonds is 8. The molecule has 0 unspecified atom stereocenters. The van der Waals surface area contributed by atoms with E-state index in [1.165, 1.54) is 0 Å². The number of aliphatic hydroxyl groups excluding tert-OH is 1. The van der Waals surface area contributed by atoms with Crippen LogP contribution in [0.2, 0.25) is 0 Å². The fourth-order valence-corrected chi connectivity index (χ4v) is 2.72. The maximum Gasteiger partial charge on any atom is 0.227 e. The molecule has 1 atom stereocenters. The van der Waals surface area contributed by atoms with E-state index in [1.807, 2.05) is 48.5 Å². The molecule has 3 N–H and O–H groups in total. The van der Waals surface area contributed by atoms with Gasteiger partial charge in [-0.15, -0.1) is 0 Å². The number of benzene rings is 2. The molecule has 0 saturated heterocycles. The summed E-state index contributed by atoms with van der Waals surface area (Å²) in [6.45, 7) is 1.68. The standard InChI is InChI=1S/C22H24N4O3/c1-15(14-27)25-21(28)11-16-3-7-19(8-4-16)26-22-23-12-18(13-24-22)17-5-9-20(29-2)10-6-17/h3-10,12-13,15,27H,11,14H2,1-2H3,(H,25,28)(H,23,24,26)/t15-/m0/s1. The summed E-state index contributed by atoms with van der Waals surface area (Å²) in [7, 11) is 1.64. The molecular weight excluding hydrogens is 368 g/mol. The Hall–Kier alpha value is -3.45. The molecule has 0 radical (unpaired) electrons. The lowest BCUT2D eigenvalue weighted by Gasteiger charge is -2.11. The lowest BCUT2D eigenvalue weighted by atomic mass is 10.1. The molecule has 0 aliphatic rings. The summed E-state index contributed by atoms with van der Waals surface area (Å²) in [5.41, 5.74) is 3.64. The second-order valence-corrected chi connectivity index (χ2v) is 6.67. The van der Waals surface area contributed by atoms with Gasteiger partial charge in [0.15, 0.2) is 0 Å². The third-order valence-corrected chi connectivity index (χ3v) is 4.33. The molecule has 0 fully saturated rings. The average Bonchev–Trinajstić information content (AvgIpc) is 2.75. The summed E-state index contributed by atoms with van der Waals surface area (Å²) >= 11 is 0. The number of carbonyl (C=O) groups is 1. The van der Waals surface area contributed by atoms with E-state index in [1.54, 1.807) is 26.4 Å². The predicted molar refractivity (Wildman–Crippen MR) is 112 cm³/mol. The van der Waals surface area contributed by atoms with Crippen LogP contribution in [0.4, 0.5) is 11.6 Å². The molecule has 7 nitrogen and oxygen atoms in total. The largest absolute Gasteiger partial charge is 0.497 e. The van der Waals surface area contributed by atoms with E-state index in [4.69, 9.17) is 9.84 Å². The highest BCUT2D eigenvalue weighted by atomic mass is 16.5. The second kappa shape index (κ2) is 9.66. The number of hydrogen-bond acceptors (Lipinski definition) is 6. The van der Waals surface area contributed by atoms with Gasteiger partial charge in [0.25, 0.3) is 0 Å². The molecule has 150 valence electrons. The van der Waals surface area contributed by atoms with Crippen LogP contribution in [0.15, 0.2) is 60.9 Å². The molecule has 0 bridgehead atoms. The minimum Gasteiger partial charge on any atom is -0.497 e. The van der Waals surface area contributed by atoms with E-state index in [2.05, 4.69) is 20.6 Å². The van der Waals surface area contributed by atoms with Crippen LogP contribution in [0.3, 0.4) is 0 Å².